The molecule has 0 radical (unpaired) electrons. The standard InChI is InChI=1S/C19H19N3O4S/c1-14-4-5-15(22-9-2-8-20-22)12-17(14)21-27(23,24)16-6-7-18-19(13-16)26-11-3-10-25-18/h2,4-9,12-13,21H,3,10-11H2,1H3. The Morgan fingerprint density at radius 1 is 1.07 bits per heavy atom. The van der Waals surface area contributed by atoms with Gasteiger partial charge in [-0.25, -0.2) is 13.1 Å². The molecule has 8 heteroatoms. The molecule has 0 fully saturated rings. The summed E-state index contributed by atoms with van der Waals surface area (Å²) in [5, 5.41) is 4.18. The molecule has 3 aromatic rings. The van der Waals surface area contributed by atoms with Gasteiger partial charge in [-0.05, 0) is 42.8 Å². The van der Waals surface area contributed by atoms with Gasteiger partial charge in [-0.1, -0.05) is 6.07 Å². The smallest absolute Gasteiger partial charge is 0.262 e. The van der Waals surface area contributed by atoms with Gasteiger partial charge in [-0.3, -0.25) is 4.72 Å². The molecule has 4 rings (SSSR count). The fourth-order valence-corrected chi connectivity index (χ4v) is 3.94. The zero-order valence-corrected chi connectivity index (χ0v) is 15.6. The van der Waals surface area contributed by atoms with E-state index in [4.69, 9.17) is 9.47 Å². The van der Waals surface area contributed by atoms with Gasteiger partial charge in [-0.2, -0.15) is 5.10 Å². The fraction of sp³-hybridized carbons (Fsp3) is 0.211. The minimum atomic E-state index is -3.78. The van der Waals surface area contributed by atoms with Crippen LogP contribution in [0.1, 0.15) is 12.0 Å². The predicted octanol–water partition coefficient (Wildman–Crippen LogP) is 3.14. The van der Waals surface area contributed by atoms with E-state index in [-0.39, 0.29) is 4.90 Å². The lowest BCUT2D eigenvalue weighted by atomic mass is 10.2. The monoisotopic (exact) mass is 385 g/mol. The number of nitrogens with one attached hydrogen (secondary N) is 1. The highest BCUT2D eigenvalue weighted by Crippen LogP contribution is 2.33. The molecule has 0 saturated carbocycles. The second kappa shape index (κ2) is 6.96. The van der Waals surface area contributed by atoms with Gasteiger partial charge in [0.15, 0.2) is 11.5 Å². The zero-order chi connectivity index (χ0) is 18.9. The number of aryl methyl sites for hydroxylation is 1. The Hall–Kier alpha value is -3.00. The molecule has 0 aliphatic carbocycles. The molecular weight excluding hydrogens is 366 g/mol. The molecule has 1 aromatic heterocycles. The Morgan fingerprint density at radius 3 is 2.67 bits per heavy atom. The minimum absolute atomic E-state index is 0.121. The van der Waals surface area contributed by atoms with Crippen molar-refractivity contribution < 1.29 is 17.9 Å². The molecule has 0 bridgehead atoms. The van der Waals surface area contributed by atoms with Crippen molar-refractivity contribution in [2.45, 2.75) is 18.2 Å². The summed E-state index contributed by atoms with van der Waals surface area (Å²) in [4.78, 5) is 0.121. The number of hydrogen-bond donors (Lipinski definition) is 1. The van der Waals surface area contributed by atoms with Crippen LogP contribution in [0.4, 0.5) is 5.69 Å². The first-order chi connectivity index (χ1) is 13.0. The lowest BCUT2D eigenvalue weighted by Crippen LogP contribution is -2.14. The molecule has 7 nitrogen and oxygen atoms in total. The van der Waals surface area contributed by atoms with Crippen molar-refractivity contribution >= 4 is 15.7 Å². The summed E-state index contributed by atoms with van der Waals surface area (Å²) in [5.74, 6) is 1.00. The van der Waals surface area contributed by atoms with Gasteiger partial charge in [0, 0.05) is 24.9 Å². The third kappa shape index (κ3) is 3.61. The Labute approximate surface area is 157 Å². The van der Waals surface area contributed by atoms with E-state index in [1.165, 1.54) is 12.1 Å². The van der Waals surface area contributed by atoms with Gasteiger partial charge >= 0.3 is 0 Å². The average molecular weight is 385 g/mol. The van der Waals surface area contributed by atoms with E-state index in [1.807, 2.05) is 25.1 Å². The van der Waals surface area contributed by atoms with Crippen LogP contribution in [-0.2, 0) is 10.0 Å². The highest BCUT2D eigenvalue weighted by molar-refractivity contribution is 7.92. The number of benzene rings is 2. The Balaban J connectivity index is 1.66. The Morgan fingerprint density at radius 2 is 1.89 bits per heavy atom. The highest BCUT2D eigenvalue weighted by Gasteiger charge is 2.20. The molecule has 0 atom stereocenters. The molecule has 0 unspecified atom stereocenters. The molecule has 2 aromatic carbocycles. The van der Waals surface area contributed by atoms with Crippen LogP contribution in [0.3, 0.4) is 0 Å². The number of rotatable bonds is 4. The summed E-state index contributed by atoms with van der Waals surface area (Å²) in [7, 11) is -3.78. The largest absolute Gasteiger partial charge is 0.490 e. The van der Waals surface area contributed by atoms with E-state index in [9.17, 15) is 8.42 Å². The molecular formula is C19H19N3O4S. The second-order valence-electron chi connectivity index (χ2n) is 6.21. The van der Waals surface area contributed by atoms with Crippen molar-refractivity contribution in [2.75, 3.05) is 17.9 Å². The number of hydrogen-bond acceptors (Lipinski definition) is 5. The van der Waals surface area contributed by atoms with Crippen molar-refractivity contribution in [2.24, 2.45) is 0 Å². The normalized spacial score (nSPS) is 13.8. The maximum Gasteiger partial charge on any atom is 0.262 e. The number of anilines is 1. The molecule has 0 spiro atoms. The van der Waals surface area contributed by atoms with Gasteiger partial charge in [-0.15, -0.1) is 0 Å². The maximum atomic E-state index is 12.9. The zero-order valence-electron chi connectivity index (χ0n) is 14.8. The van der Waals surface area contributed by atoms with E-state index in [1.54, 1.807) is 29.2 Å². The predicted molar refractivity (Wildman–Crippen MR) is 101 cm³/mol. The van der Waals surface area contributed by atoms with Gasteiger partial charge in [0.1, 0.15) is 0 Å². The summed E-state index contributed by atoms with van der Waals surface area (Å²) in [6, 6.07) is 11.9. The van der Waals surface area contributed by atoms with E-state index >= 15 is 0 Å². The van der Waals surface area contributed by atoms with Gasteiger partial charge < -0.3 is 9.47 Å². The number of sulfonamides is 1. The number of fused-ring (bicyclic) bond motifs is 1. The topological polar surface area (TPSA) is 82.5 Å². The summed E-state index contributed by atoms with van der Waals surface area (Å²) in [6.45, 7) is 2.89. The fourth-order valence-electron chi connectivity index (χ4n) is 2.80. The quantitative estimate of drug-likeness (QED) is 0.746. The molecule has 0 amide bonds. The molecule has 1 N–H and O–H groups in total. The van der Waals surface area contributed by atoms with Crippen molar-refractivity contribution in [1.82, 2.24) is 9.78 Å². The van der Waals surface area contributed by atoms with E-state index in [0.717, 1.165) is 17.7 Å². The van der Waals surface area contributed by atoms with E-state index in [2.05, 4.69) is 9.82 Å². The highest BCUT2D eigenvalue weighted by atomic mass is 32.2. The van der Waals surface area contributed by atoms with Crippen molar-refractivity contribution in [1.29, 1.82) is 0 Å². The molecule has 1 aliphatic rings. The third-order valence-corrected chi connectivity index (χ3v) is 5.63. The lowest BCUT2D eigenvalue weighted by molar-refractivity contribution is 0.297. The first-order valence-corrected chi connectivity index (χ1v) is 10.0. The summed E-state index contributed by atoms with van der Waals surface area (Å²) < 4.78 is 41.3. The maximum absolute atomic E-state index is 12.9. The molecule has 140 valence electrons. The Kier molecular flexibility index (Phi) is 4.49. The van der Waals surface area contributed by atoms with Gasteiger partial charge in [0.25, 0.3) is 10.0 Å². The first kappa shape index (κ1) is 17.4. The summed E-state index contributed by atoms with van der Waals surface area (Å²) in [6.07, 6.45) is 4.22. The summed E-state index contributed by atoms with van der Waals surface area (Å²) in [5.41, 5.74) is 2.07. The van der Waals surface area contributed by atoms with Crippen LogP contribution in [-0.4, -0.2) is 31.4 Å². The van der Waals surface area contributed by atoms with E-state index in [0.29, 0.717) is 30.4 Å². The van der Waals surface area contributed by atoms with Crippen LogP contribution in [0.25, 0.3) is 5.69 Å². The number of aromatic nitrogens is 2. The second-order valence-corrected chi connectivity index (χ2v) is 7.90. The molecule has 2 heterocycles. The third-order valence-electron chi connectivity index (χ3n) is 4.26. The minimum Gasteiger partial charge on any atom is -0.490 e. The van der Waals surface area contributed by atoms with Crippen LogP contribution in [0.15, 0.2) is 59.8 Å². The van der Waals surface area contributed by atoms with Gasteiger partial charge in [0.2, 0.25) is 0 Å². The van der Waals surface area contributed by atoms with Crippen LogP contribution < -0.4 is 14.2 Å². The SMILES string of the molecule is Cc1ccc(-n2cccn2)cc1NS(=O)(=O)c1ccc2c(c1)OCCCO2. The van der Waals surface area contributed by atoms with Crippen LogP contribution in [0.2, 0.25) is 0 Å². The van der Waals surface area contributed by atoms with Crippen LogP contribution >= 0.6 is 0 Å². The van der Waals surface area contributed by atoms with Crippen molar-refractivity contribution in [3.05, 3.63) is 60.4 Å². The van der Waals surface area contributed by atoms with E-state index < -0.39 is 10.0 Å². The van der Waals surface area contributed by atoms with Crippen molar-refractivity contribution in [3.8, 4) is 17.2 Å². The van der Waals surface area contributed by atoms with Crippen LogP contribution in [0, 0.1) is 6.92 Å². The molecule has 1 aliphatic heterocycles. The molecule has 0 saturated heterocycles. The summed E-state index contributed by atoms with van der Waals surface area (Å²) >= 11 is 0. The first-order valence-electron chi connectivity index (χ1n) is 8.56. The van der Waals surface area contributed by atoms with Crippen LogP contribution in [0.5, 0.6) is 11.5 Å². The average Bonchev–Trinajstić information content (AvgIpc) is 3.08. The Bertz CT molecular complexity index is 1060. The number of ether oxygens (including phenoxy) is 2. The number of nitrogens with zero attached hydrogens (tertiary/aromatic N) is 2. The van der Waals surface area contributed by atoms with Gasteiger partial charge in [0.05, 0.1) is 29.5 Å². The van der Waals surface area contributed by atoms with Crippen molar-refractivity contribution in [3.63, 3.8) is 0 Å². The lowest BCUT2D eigenvalue weighted by Gasteiger charge is -2.14. The molecule has 27 heavy (non-hydrogen) atoms.